The second kappa shape index (κ2) is 10.2. The SMILES string of the molecule is Cc1cc2c(=O)c(C(=O)c3ccncc3)cn(CC(=O)NCCCc3ccccc3)c2cc1F. The van der Waals surface area contributed by atoms with E-state index in [0.29, 0.717) is 12.1 Å². The van der Waals surface area contributed by atoms with E-state index in [-0.39, 0.29) is 34.5 Å². The van der Waals surface area contributed by atoms with E-state index >= 15 is 0 Å². The highest BCUT2D eigenvalue weighted by Gasteiger charge is 2.19. The fraction of sp³-hybridized carbons (Fsp3) is 0.185. The molecule has 0 unspecified atom stereocenters. The van der Waals surface area contributed by atoms with E-state index in [2.05, 4.69) is 10.3 Å². The van der Waals surface area contributed by atoms with Gasteiger partial charge < -0.3 is 9.88 Å². The molecule has 2 heterocycles. The lowest BCUT2D eigenvalue weighted by atomic mass is 10.0. The minimum atomic E-state index is -0.501. The summed E-state index contributed by atoms with van der Waals surface area (Å²) in [6.45, 7) is 1.87. The third-order valence-electron chi connectivity index (χ3n) is 5.67. The summed E-state index contributed by atoms with van der Waals surface area (Å²) in [7, 11) is 0. The molecular formula is C27H24FN3O3. The number of fused-ring (bicyclic) bond motifs is 1. The number of nitrogens with zero attached hydrogens (tertiary/aromatic N) is 2. The standard InChI is InChI=1S/C27H24FN3O3/c1-18-14-21-24(15-23(18)28)31(16-22(27(21)34)26(33)20-9-12-29-13-10-20)17-25(32)30-11-5-8-19-6-3-2-4-7-19/h2-4,6-7,9-10,12-16H,5,8,11,17H2,1H3,(H,30,32). The van der Waals surface area contributed by atoms with Crippen LogP contribution in [0.1, 0.15) is 33.5 Å². The zero-order valence-electron chi connectivity index (χ0n) is 18.8. The number of carbonyl (C=O) groups excluding carboxylic acids is 2. The summed E-state index contributed by atoms with van der Waals surface area (Å²) in [6, 6.07) is 15.7. The van der Waals surface area contributed by atoms with Gasteiger partial charge in [0.05, 0.1) is 11.1 Å². The van der Waals surface area contributed by atoms with Crippen LogP contribution in [0.25, 0.3) is 10.9 Å². The van der Waals surface area contributed by atoms with Gasteiger partial charge in [-0.1, -0.05) is 30.3 Å². The number of halogens is 1. The molecule has 0 saturated carbocycles. The first-order valence-corrected chi connectivity index (χ1v) is 11.0. The largest absolute Gasteiger partial charge is 0.355 e. The van der Waals surface area contributed by atoms with E-state index in [0.717, 1.165) is 12.8 Å². The van der Waals surface area contributed by atoms with Crippen LogP contribution in [0.3, 0.4) is 0 Å². The zero-order valence-corrected chi connectivity index (χ0v) is 18.8. The maximum absolute atomic E-state index is 14.3. The molecule has 0 aliphatic rings. The van der Waals surface area contributed by atoms with Crippen LogP contribution in [0.5, 0.6) is 0 Å². The number of rotatable bonds is 8. The Morgan fingerprint density at radius 2 is 1.79 bits per heavy atom. The highest BCUT2D eigenvalue weighted by Crippen LogP contribution is 2.19. The number of ketones is 1. The summed E-state index contributed by atoms with van der Waals surface area (Å²) in [4.78, 5) is 42.7. The number of nitrogens with one attached hydrogen (secondary N) is 1. The number of aryl methyl sites for hydroxylation is 2. The van der Waals surface area contributed by atoms with E-state index in [1.165, 1.54) is 53.0 Å². The Morgan fingerprint density at radius 1 is 1.06 bits per heavy atom. The molecule has 4 aromatic rings. The molecule has 34 heavy (non-hydrogen) atoms. The Bertz CT molecular complexity index is 1400. The Hall–Kier alpha value is -4.13. The molecule has 7 heteroatoms. The molecule has 2 aromatic carbocycles. The third-order valence-corrected chi connectivity index (χ3v) is 5.67. The van der Waals surface area contributed by atoms with E-state index in [1.54, 1.807) is 6.92 Å². The fourth-order valence-corrected chi connectivity index (χ4v) is 3.85. The minimum Gasteiger partial charge on any atom is -0.355 e. The van der Waals surface area contributed by atoms with Crippen LogP contribution in [0.4, 0.5) is 4.39 Å². The van der Waals surface area contributed by atoms with Gasteiger partial charge in [-0.15, -0.1) is 0 Å². The second-order valence-corrected chi connectivity index (χ2v) is 8.12. The molecule has 2 aromatic heterocycles. The molecule has 1 N–H and O–H groups in total. The molecule has 0 atom stereocenters. The number of hydrogen-bond donors (Lipinski definition) is 1. The van der Waals surface area contributed by atoms with Crippen molar-refractivity contribution >= 4 is 22.6 Å². The molecule has 0 radical (unpaired) electrons. The van der Waals surface area contributed by atoms with Gasteiger partial charge in [0.1, 0.15) is 12.4 Å². The Balaban J connectivity index is 1.59. The fourth-order valence-electron chi connectivity index (χ4n) is 3.85. The molecule has 0 bridgehead atoms. The van der Waals surface area contributed by atoms with Crippen LogP contribution in [-0.2, 0) is 17.8 Å². The zero-order chi connectivity index (χ0) is 24.1. The first-order valence-electron chi connectivity index (χ1n) is 11.0. The molecule has 1 amide bonds. The molecule has 0 aliphatic heterocycles. The minimum absolute atomic E-state index is 0.0819. The van der Waals surface area contributed by atoms with Gasteiger partial charge in [0.25, 0.3) is 0 Å². The number of amides is 1. The maximum atomic E-state index is 14.3. The predicted octanol–water partition coefficient (Wildman–Crippen LogP) is 3.82. The summed E-state index contributed by atoms with van der Waals surface area (Å²) < 4.78 is 15.8. The van der Waals surface area contributed by atoms with Crippen LogP contribution in [0, 0.1) is 12.7 Å². The van der Waals surface area contributed by atoms with E-state index in [9.17, 15) is 18.8 Å². The molecule has 4 rings (SSSR count). The number of pyridine rings is 2. The number of carbonyl (C=O) groups is 2. The first kappa shape index (κ1) is 23.0. The van der Waals surface area contributed by atoms with Gasteiger partial charge in [-0.05, 0) is 55.2 Å². The van der Waals surface area contributed by atoms with Gasteiger partial charge in [-0.25, -0.2) is 4.39 Å². The smallest absolute Gasteiger partial charge is 0.239 e. The lowest BCUT2D eigenvalue weighted by molar-refractivity contribution is -0.121. The van der Waals surface area contributed by atoms with E-state index in [4.69, 9.17) is 0 Å². The van der Waals surface area contributed by atoms with Gasteiger partial charge >= 0.3 is 0 Å². The van der Waals surface area contributed by atoms with Gasteiger partial charge in [-0.3, -0.25) is 19.4 Å². The van der Waals surface area contributed by atoms with Crippen molar-refractivity contribution in [2.75, 3.05) is 6.54 Å². The van der Waals surface area contributed by atoms with Crippen LogP contribution < -0.4 is 10.7 Å². The van der Waals surface area contributed by atoms with Crippen LogP contribution in [0.2, 0.25) is 0 Å². The van der Waals surface area contributed by atoms with Crippen molar-refractivity contribution in [3.63, 3.8) is 0 Å². The monoisotopic (exact) mass is 457 g/mol. The molecular weight excluding hydrogens is 433 g/mol. The van der Waals surface area contributed by atoms with Crippen LogP contribution in [0.15, 0.2) is 78.0 Å². The summed E-state index contributed by atoms with van der Waals surface area (Å²) in [5.41, 5.74) is 1.46. The van der Waals surface area contributed by atoms with Crippen molar-refractivity contribution in [2.45, 2.75) is 26.3 Å². The second-order valence-electron chi connectivity index (χ2n) is 8.12. The molecule has 172 valence electrons. The van der Waals surface area contributed by atoms with Crippen LogP contribution in [-0.4, -0.2) is 27.8 Å². The predicted molar refractivity (Wildman–Crippen MR) is 128 cm³/mol. The quantitative estimate of drug-likeness (QED) is 0.322. The highest BCUT2D eigenvalue weighted by atomic mass is 19.1. The van der Waals surface area contributed by atoms with Gasteiger partial charge in [-0.2, -0.15) is 0 Å². The Morgan fingerprint density at radius 3 is 2.53 bits per heavy atom. The summed E-state index contributed by atoms with van der Waals surface area (Å²) in [6.07, 6.45) is 5.87. The van der Waals surface area contributed by atoms with Gasteiger partial charge in [0.2, 0.25) is 11.3 Å². The summed E-state index contributed by atoms with van der Waals surface area (Å²) in [5, 5.41) is 3.05. The van der Waals surface area contributed by atoms with Crippen molar-refractivity contribution in [1.82, 2.24) is 14.9 Å². The average molecular weight is 458 g/mol. The van der Waals surface area contributed by atoms with E-state index < -0.39 is 17.0 Å². The van der Waals surface area contributed by atoms with Crippen LogP contribution >= 0.6 is 0 Å². The third kappa shape index (κ3) is 5.09. The normalized spacial score (nSPS) is 10.9. The number of aromatic nitrogens is 2. The van der Waals surface area contributed by atoms with Crippen molar-refractivity contribution in [1.29, 1.82) is 0 Å². The number of hydrogen-bond acceptors (Lipinski definition) is 4. The topological polar surface area (TPSA) is 81.1 Å². The summed E-state index contributed by atoms with van der Waals surface area (Å²) >= 11 is 0. The van der Waals surface area contributed by atoms with Gasteiger partial charge in [0.15, 0.2) is 5.78 Å². The van der Waals surface area contributed by atoms with Crippen molar-refractivity contribution < 1.29 is 14.0 Å². The molecule has 0 spiro atoms. The molecule has 0 fully saturated rings. The molecule has 0 aliphatic carbocycles. The van der Waals surface area contributed by atoms with Crippen molar-refractivity contribution in [3.8, 4) is 0 Å². The molecule has 6 nitrogen and oxygen atoms in total. The van der Waals surface area contributed by atoms with Crippen molar-refractivity contribution in [3.05, 3.63) is 111 Å². The lowest BCUT2D eigenvalue weighted by Gasteiger charge is -2.14. The first-order chi connectivity index (χ1) is 16.4. The van der Waals surface area contributed by atoms with Crippen molar-refractivity contribution in [2.24, 2.45) is 0 Å². The van der Waals surface area contributed by atoms with E-state index in [1.807, 2.05) is 30.3 Å². The lowest BCUT2D eigenvalue weighted by Crippen LogP contribution is -2.30. The summed E-state index contributed by atoms with van der Waals surface area (Å²) in [5.74, 6) is -1.26. The highest BCUT2D eigenvalue weighted by molar-refractivity contribution is 6.10. The van der Waals surface area contributed by atoms with Gasteiger partial charge in [0, 0.05) is 36.1 Å². The Labute approximate surface area is 196 Å². The maximum Gasteiger partial charge on any atom is 0.239 e. The average Bonchev–Trinajstić information content (AvgIpc) is 2.85. The number of benzene rings is 2. The molecule has 0 saturated heterocycles. The Kier molecular flexibility index (Phi) is 6.92.